The van der Waals surface area contributed by atoms with Crippen molar-refractivity contribution in [3.63, 3.8) is 0 Å². The molecule has 0 amide bonds. The van der Waals surface area contributed by atoms with Crippen molar-refractivity contribution in [2.75, 3.05) is 0 Å². The molecular formula is C7H4ClF2IO. The van der Waals surface area contributed by atoms with E-state index >= 15 is 0 Å². The van der Waals surface area contributed by atoms with Gasteiger partial charge in [-0.15, -0.1) is 0 Å². The fraction of sp³-hybridized carbons (Fsp3) is 0.143. The highest BCUT2D eigenvalue weighted by Crippen LogP contribution is 2.27. The Kier molecular flexibility index (Phi) is 3.52. The minimum absolute atomic E-state index is 0.00656. The zero-order chi connectivity index (χ0) is 9.14. The van der Waals surface area contributed by atoms with Crippen LogP contribution < -0.4 is 4.74 Å². The van der Waals surface area contributed by atoms with Crippen LogP contribution in [0.1, 0.15) is 0 Å². The average Bonchev–Trinajstić information content (AvgIpc) is 1.94. The summed E-state index contributed by atoms with van der Waals surface area (Å²) >= 11 is 7.64. The first-order valence-electron chi connectivity index (χ1n) is 2.99. The number of ether oxygens (including phenoxy) is 1. The molecule has 0 unspecified atom stereocenters. The number of rotatable bonds is 2. The van der Waals surface area contributed by atoms with Crippen LogP contribution in [0.25, 0.3) is 0 Å². The minimum atomic E-state index is -2.83. The molecule has 0 spiro atoms. The standard InChI is InChI=1S/C7H4ClF2IO/c8-5-3-4(11)1-2-6(5)12-7(9)10/h1-3,7H. The molecule has 66 valence electrons. The topological polar surface area (TPSA) is 9.23 Å². The summed E-state index contributed by atoms with van der Waals surface area (Å²) in [5.74, 6) is 0.00656. The number of hydrogen-bond donors (Lipinski definition) is 0. The quantitative estimate of drug-likeness (QED) is 0.759. The first kappa shape index (κ1) is 9.98. The van der Waals surface area contributed by atoms with Crippen LogP contribution in [0.2, 0.25) is 5.02 Å². The zero-order valence-electron chi connectivity index (χ0n) is 5.73. The van der Waals surface area contributed by atoms with Crippen molar-refractivity contribution in [1.82, 2.24) is 0 Å². The summed E-state index contributed by atoms with van der Waals surface area (Å²) in [6.45, 7) is -2.83. The summed E-state index contributed by atoms with van der Waals surface area (Å²) in [6.07, 6.45) is 0. The van der Waals surface area contributed by atoms with Crippen LogP contribution in [0, 0.1) is 3.57 Å². The Hall–Kier alpha value is -0.100. The molecule has 5 heteroatoms. The summed E-state index contributed by atoms with van der Waals surface area (Å²) in [6, 6.07) is 4.61. The van der Waals surface area contributed by atoms with Crippen molar-refractivity contribution in [3.8, 4) is 5.75 Å². The van der Waals surface area contributed by atoms with Gasteiger partial charge in [0, 0.05) is 3.57 Å². The average molecular weight is 304 g/mol. The van der Waals surface area contributed by atoms with Gasteiger partial charge in [-0.05, 0) is 40.8 Å². The smallest absolute Gasteiger partial charge is 0.387 e. The second-order valence-corrected chi connectivity index (χ2v) is 3.61. The Bertz CT molecular complexity index is 280. The van der Waals surface area contributed by atoms with Gasteiger partial charge < -0.3 is 4.74 Å². The van der Waals surface area contributed by atoms with E-state index in [0.29, 0.717) is 0 Å². The van der Waals surface area contributed by atoms with Gasteiger partial charge in [-0.1, -0.05) is 11.6 Å². The van der Waals surface area contributed by atoms with Gasteiger partial charge in [0.1, 0.15) is 5.75 Å². The molecular weight excluding hydrogens is 300 g/mol. The van der Waals surface area contributed by atoms with Gasteiger partial charge in [0.2, 0.25) is 0 Å². The summed E-state index contributed by atoms with van der Waals surface area (Å²) in [7, 11) is 0. The lowest BCUT2D eigenvalue weighted by Gasteiger charge is -2.05. The van der Waals surface area contributed by atoms with E-state index in [0.717, 1.165) is 3.57 Å². The van der Waals surface area contributed by atoms with E-state index < -0.39 is 6.61 Å². The number of halogens is 4. The maximum absolute atomic E-state index is 11.7. The largest absolute Gasteiger partial charge is 0.433 e. The lowest BCUT2D eigenvalue weighted by Crippen LogP contribution is -2.02. The van der Waals surface area contributed by atoms with E-state index in [9.17, 15) is 8.78 Å². The SMILES string of the molecule is FC(F)Oc1ccc(I)cc1Cl. The maximum atomic E-state index is 11.7. The van der Waals surface area contributed by atoms with E-state index in [2.05, 4.69) is 4.74 Å². The third-order valence-corrected chi connectivity index (χ3v) is 2.08. The highest BCUT2D eigenvalue weighted by Gasteiger charge is 2.07. The van der Waals surface area contributed by atoms with E-state index in [4.69, 9.17) is 11.6 Å². The van der Waals surface area contributed by atoms with Crippen LogP contribution in [0.5, 0.6) is 5.75 Å². The van der Waals surface area contributed by atoms with Crippen LogP contribution in [-0.2, 0) is 0 Å². The molecule has 0 heterocycles. The lowest BCUT2D eigenvalue weighted by molar-refractivity contribution is -0.0497. The fourth-order valence-corrected chi connectivity index (χ4v) is 1.57. The third kappa shape index (κ3) is 2.75. The van der Waals surface area contributed by atoms with Crippen LogP contribution in [0.3, 0.4) is 0 Å². The van der Waals surface area contributed by atoms with Crippen molar-refractivity contribution >= 4 is 34.2 Å². The van der Waals surface area contributed by atoms with Gasteiger partial charge in [0.05, 0.1) is 5.02 Å². The van der Waals surface area contributed by atoms with Crippen LogP contribution in [-0.4, -0.2) is 6.61 Å². The maximum Gasteiger partial charge on any atom is 0.387 e. The second-order valence-electron chi connectivity index (χ2n) is 1.95. The molecule has 1 rings (SSSR count). The highest BCUT2D eigenvalue weighted by molar-refractivity contribution is 14.1. The van der Waals surface area contributed by atoms with Crippen molar-refractivity contribution in [3.05, 3.63) is 26.8 Å². The van der Waals surface area contributed by atoms with E-state index in [1.165, 1.54) is 6.07 Å². The van der Waals surface area contributed by atoms with Gasteiger partial charge >= 0.3 is 6.61 Å². The Labute approximate surface area is 86.8 Å². The Morgan fingerprint density at radius 1 is 1.42 bits per heavy atom. The third-order valence-electron chi connectivity index (χ3n) is 1.11. The first-order valence-corrected chi connectivity index (χ1v) is 4.45. The molecule has 12 heavy (non-hydrogen) atoms. The molecule has 0 atom stereocenters. The molecule has 0 fully saturated rings. The highest BCUT2D eigenvalue weighted by atomic mass is 127. The molecule has 0 radical (unpaired) electrons. The van der Waals surface area contributed by atoms with E-state index in [1.54, 1.807) is 12.1 Å². The number of benzene rings is 1. The van der Waals surface area contributed by atoms with Gasteiger partial charge in [0.15, 0.2) is 0 Å². The Balaban J connectivity index is 2.86. The van der Waals surface area contributed by atoms with Crippen molar-refractivity contribution in [2.24, 2.45) is 0 Å². The summed E-state index contributed by atoms with van der Waals surface area (Å²) in [5, 5.41) is 0.196. The molecule has 1 nitrogen and oxygen atoms in total. The summed E-state index contributed by atoms with van der Waals surface area (Å²) in [5.41, 5.74) is 0. The first-order chi connectivity index (χ1) is 5.59. The monoisotopic (exact) mass is 304 g/mol. The van der Waals surface area contributed by atoms with Gasteiger partial charge in [-0.2, -0.15) is 8.78 Å². The zero-order valence-corrected chi connectivity index (χ0v) is 8.64. The molecule has 0 bridgehead atoms. The van der Waals surface area contributed by atoms with Crippen molar-refractivity contribution in [2.45, 2.75) is 6.61 Å². The van der Waals surface area contributed by atoms with Gasteiger partial charge in [-0.25, -0.2) is 0 Å². The number of hydrogen-bond acceptors (Lipinski definition) is 1. The van der Waals surface area contributed by atoms with Crippen LogP contribution >= 0.6 is 34.2 Å². The molecule has 0 aliphatic carbocycles. The molecule has 0 saturated heterocycles. The van der Waals surface area contributed by atoms with Crippen LogP contribution in [0.15, 0.2) is 18.2 Å². The van der Waals surface area contributed by atoms with Gasteiger partial charge in [0.25, 0.3) is 0 Å². The fourth-order valence-electron chi connectivity index (χ4n) is 0.667. The van der Waals surface area contributed by atoms with Gasteiger partial charge in [-0.3, -0.25) is 0 Å². The second kappa shape index (κ2) is 4.23. The minimum Gasteiger partial charge on any atom is -0.433 e. The van der Waals surface area contributed by atoms with Crippen molar-refractivity contribution < 1.29 is 13.5 Å². The molecule has 0 aliphatic heterocycles. The Morgan fingerprint density at radius 3 is 2.58 bits per heavy atom. The predicted molar refractivity (Wildman–Crippen MR) is 50.8 cm³/mol. The van der Waals surface area contributed by atoms with E-state index in [1.807, 2.05) is 22.6 Å². The molecule has 0 aromatic heterocycles. The molecule has 1 aromatic carbocycles. The Morgan fingerprint density at radius 2 is 2.08 bits per heavy atom. The lowest BCUT2D eigenvalue weighted by atomic mass is 10.3. The number of alkyl halides is 2. The van der Waals surface area contributed by atoms with Crippen molar-refractivity contribution in [1.29, 1.82) is 0 Å². The summed E-state index contributed by atoms with van der Waals surface area (Å²) < 4.78 is 28.4. The molecule has 0 saturated carbocycles. The molecule has 1 aromatic rings. The normalized spacial score (nSPS) is 10.4. The summed E-state index contributed by atoms with van der Waals surface area (Å²) in [4.78, 5) is 0. The van der Waals surface area contributed by atoms with Crippen LogP contribution in [0.4, 0.5) is 8.78 Å². The van der Waals surface area contributed by atoms with E-state index in [-0.39, 0.29) is 10.8 Å². The molecule has 0 N–H and O–H groups in total. The predicted octanol–water partition coefficient (Wildman–Crippen LogP) is 3.55. The molecule has 0 aliphatic rings.